The molecule has 0 radical (unpaired) electrons. The Balaban J connectivity index is 1.69. The summed E-state index contributed by atoms with van der Waals surface area (Å²) in [6.07, 6.45) is 7.08. The van der Waals surface area contributed by atoms with Gasteiger partial charge in [0.05, 0.1) is 12.2 Å². The van der Waals surface area contributed by atoms with E-state index in [1.807, 2.05) is 0 Å². The highest BCUT2D eigenvalue weighted by atomic mass is 16.3. The van der Waals surface area contributed by atoms with E-state index in [1.165, 1.54) is 6.42 Å². The molecule has 8 atom stereocenters. The molecule has 0 amide bonds. The topological polar surface area (TPSA) is 57.5 Å². The number of carbonyl (C=O) groups is 1. The Bertz CT molecular complexity index is 489. The maximum absolute atomic E-state index is 12.4. The lowest BCUT2D eigenvalue weighted by molar-refractivity contribution is -0.175. The smallest absolute Gasteiger partial charge is 0.139 e. The van der Waals surface area contributed by atoms with E-state index in [0.29, 0.717) is 35.9 Å². The molecule has 2 unspecified atom stereocenters. The minimum absolute atomic E-state index is 0.145. The average molecular weight is 306 g/mol. The number of carbonyl (C=O) groups excluding carboxylic acids is 1. The summed E-state index contributed by atoms with van der Waals surface area (Å²) >= 11 is 0. The van der Waals surface area contributed by atoms with Gasteiger partial charge in [-0.05, 0) is 74.0 Å². The van der Waals surface area contributed by atoms with E-state index < -0.39 is 0 Å². The third-order valence-corrected chi connectivity index (χ3v) is 8.28. The first kappa shape index (κ1) is 15.1. The first-order valence-electron chi connectivity index (χ1n) is 9.25. The summed E-state index contributed by atoms with van der Waals surface area (Å²) in [7, 11) is 0. The summed E-state index contributed by atoms with van der Waals surface area (Å²) in [5.41, 5.74) is -0.105. The third-order valence-electron chi connectivity index (χ3n) is 8.28. The van der Waals surface area contributed by atoms with Gasteiger partial charge in [-0.3, -0.25) is 4.79 Å². The number of ketones is 1. The minimum Gasteiger partial charge on any atom is -0.393 e. The second kappa shape index (κ2) is 4.80. The van der Waals surface area contributed by atoms with Crippen LogP contribution in [0.1, 0.15) is 65.2 Å². The molecular weight excluding hydrogens is 276 g/mol. The van der Waals surface area contributed by atoms with Crippen LogP contribution in [0.2, 0.25) is 0 Å². The van der Waals surface area contributed by atoms with Crippen LogP contribution in [-0.2, 0) is 4.79 Å². The molecule has 0 saturated heterocycles. The fourth-order valence-corrected chi connectivity index (χ4v) is 7.13. The second-order valence-corrected chi connectivity index (χ2v) is 9.16. The van der Waals surface area contributed by atoms with Gasteiger partial charge >= 0.3 is 0 Å². The maximum atomic E-state index is 12.4. The predicted molar refractivity (Wildman–Crippen MR) is 84.1 cm³/mol. The van der Waals surface area contributed by atoms with E-state index in [-0.39, 0.29) is 23.0 Å². The second-order valence-electron chi connectivity index (χ2n) is 9.16. The number of hydrogen-bond acceptors (Lipinski definition) is 3. The number of aliphatic hydroxyl groups is 2. The Hall–Kier alpha value is -0.410. The van der Waals surface area contributed by atoms with E-state index in [2.05, 4.69) is 13.8 Å². The van der Waals surface area contributed by atoms with Crippen LogP contribution >= 0.6 is 0 Å². The van der Waals surface area contributed by atoms with E-state index in [4.69, 9.17) is 0 Å². The summed E-state index contributed by atoms with van der Waals surface area (Å²) in [5.74, 6) is 2.27. The zero-order chi connectivity index (χ0) is 15.7. The van der Waals surface area contributed by atoms with Crippen molar-refractivity contribution in [3.63, 3.8) is 0 Å². The van der Waals surface area contributed by atoms with E-state index in [1.54, 1.807) is 0 Å². The van der Waals surface area contributed by atoms with Gasteiger partial charge in [-0.25, -0.2) is 0 Å². The molecule has 22 heavy (non-hydrogen) atoms. The summed E-state index contributed by atoms with van der Waals surface area (Å²) in [5, 5.41) is 21.0. The van der Waals surface area contributed by atoms with Crippen molar-refractivity contribution in [1.29, 1.82) is 0 Å². The van der Waals surface area contributed by atoms with Crippen LogP contribution in [0.25, 0.3) is 0 Å². The first-order valence-corrected chi connectivity index (χ1v) is 9.25. The van der Waals surface area contributed by atoms with Gasteiger partial charge in [0, 0.05) is 11.8 Å². The molecule has 0 heterocycles. The molecule has 0 aromatic heterocycles. The highest BCUT2D eigenvalue weighted by Gasteiger charge is 2.63. The molecule has 3 heteroatoms. The summed E-state index contributed by atoms with van der Waals surface area (Å²) in [6.45, 7) is 4.48. The predicted octanol–water partition coefficient (Wildman–Crippen LogP) is 2.93. The van der Waals surface area contributed by atoms with Gasteiger partial charge in [0.15, 0.2) is 0 Å². The fourth-order valence-electron chi connectivity index (χ4n) is 7.13. The number of Topliss-reactive ketones (excluding diaryl/α,β-unsaturated/α-hetero) is 1. The van der Waals surface area contributed by atoms with Crippen molar-refractivity contribution in [1.82, 2.24) is 0 Å². The zero-order valence-corrected chi connectivity index (χ0v) is 13.9. The lowest BCUT2D eigenvalue weighted by Gasteiger charge is -2.61. The standard InChI is InChI=1S/C19H30O3/c1-18-8-7-12(20)9-11(18)3-4-13-14-5-6-16(22)19(14,2)10-15(21)17(13)18/h11-15,17,20-21H,3-10H2,1-2H3/t11?,12-,13?,14-,15-,17+,18-,19-/m0/s1. The van der Waals surface area contributed by atoms with Gasteiger partial charge < -0.3 is 10.2 Å². The van der Waals surface area contributed by atoms with Crippen molar-refractivity contribution in [2.24, 2.45) is 34.5 Å². The molecule has 4 rings (SSSR count). The summed E-state index contributed by atoms with van der Waals surface area (Å²) in [6, 6.07) is 0. The largest absolute Gasteiger partial charge is 0.393 e. The maximum Gasteiger partial charge on any atom is 0.139 e. The van der Waals surface area contributed by atoms with Gasteiger partial charge in [0.25, 0.3) is 0 Å². The molecule has 0 spiro atoms. The molecule has 2 N–H and O–H groups in total. The number of aliphatic hydroxyl groups excluding tert-OH is 2. The molecule has 124 valence electrons. The SMILES string of the molecule is C[C@]12CC[C@H](O)CC1CCC1[C@@H]2[C@@H](O)C[C@]2(C)C(=O)CC[C@@H]12. The Morgan fingerprint density at radius 1 is 1.09 bits per heavy atom. The highest BCUT2D eigenvalue weighted by molar-refractivity contribution is 5.87. The first-order chi connectivity index (χ1) is 10.4. The number of hydrogen-bond donors (Lipinski definition) is 2. The minimum atomic E-state index is -0.337. The Labute approximate surface area is 133 Å². The number of fused-ring (bicyclic) bond motifs is 5. The van der Waals surface area contributed by atoms with E-state index in [9.17, 15) is 15.0 Å². The van der Waals surface area contributed by atoms with Crippen LogP contribution in [0.4, 0.5) is 0 Å². The van der Waals surface area contributed by atoms with Crippen LogP contribution < -0.4 is 0 Å². The van der Waals surface area contributed by atoms with Gasteiger partial charge in [-0.1, -0.05) is 13.8 Å². The van der Waals surface area contributed by atoms with Crippen LogP contribution in [-0.4, -0.2) is 28.2 Å². The Morgan fingerprint density at radius 2 is 1.86 bits per heavy atom. The van der Waals surface area contributed by atoms with Crippen molar-refractivity contribution >= 4 is 5.78 Å². The van der Waals surface area contributed by atoms with Crippen LogP contribution in [0.5, 0.6) is 0 Å². The van der Waals surface area contributed by atoms with Gasteiger partial charge in [-0.2, -0.15) is 0 Å². The Morgan fingerprint density at radius 3 is 2.64 bits per heavy atom. The molecule has 4 saturated carbocycles. The molecular formula is C19H30O3. The van der Waals surface area contributed by atoms with E-state index >= 15 is 0 Å². The van der Waals surface area contributed by atoms with Crippen molar-refractivity contribution in [3.05, 3.63) is 0 Å². The van der Waals surface area contributed by atoms with Crippen molar-refractivity contribution < 1.29 is 15.0 Å². The molecule has 4 fully saturated rings. The highest BCUT2D eigenvalue weighted by Crippen LogP contribution is 2.65. The quantitative estimate of drug-likeness (QED) is 0.723. The molecule has 4 aliphatic rings. The molecule has 4 aliphatic carbocycles. The molecule has 0 bridgehead atoms. The van der Waals surface area contributed by atoms with Crippen molar-refractivity contribution in [2.75, 3.05) is 0 Å². The lowest BCUT2D eigenvalue weighted by Crippen LogP contribution is -2.59. The van der Waals surface area contributed by atoms with Crippen molar-refractivity contribution in [2.45, 2.75) is 77.4 Å². The third kappa shape index (κ3) is 1.84. The monoisotopic (exact) mass is 306 g/mol. The average Bonchev–Trinajstić information content (AvgIpc) is 2.75. The van der Waals surface area contributed by atoms with Gasteiger partial charge in [0.2, 0.25) is 0 Å². The molecule has 0 aromatic rings. The van der Waals surface area contributed by atoms with Crippen LogP contribution in [0.15, 0.2) is 0 Å². The van der Waals surface area contributed by atoms with Crippen LogP contribution in [0, 0.1) is 34.5 Å². The number of rotatable bonds is 0. The lowest BCUT2D eigenvalue weighted by atomic mass is 9.44. The molecule has 0 aromatic carbocycles. The van der Waals surface area contributed by atoms with Gasteiger partial charge in [-0.15, -0.1) is 0 Å². The fraction of sp³-hybridized carbons (Fsp3) is 0.947. The van der Waals surface area contributed by atoms with Gasteiger partial charge in [0.1, 0.15) is 5.78 Å². The summed E-state index contributed by atoms with van der Waals surface area (Å²) < 4.78 is 0. The van der Waals surface area contributed by atoms with Crippen LogP contribution in [0.3, 0.4) is 0 Å². The Kier molecular flexibility index (Phi) is 3.30. The molecule has 3 nitrogen and oxygen atoms in total. The van der Waals surface area contributed by atoms with Crippen molar-refractivity contribution in [3.8, 4) is 0 Å². The normalized spacial score (nSPS) is 57.9. The molecule has 0 aliphatic heterocycles. The summed E-state index contributed by atoms with van der Waals surface area (Å²) in [4.78, 5) is 12.4. The van der Waals surface area contributed by atoms with E-state index in [0.717, 1.165) is 38.5 Å². The zero-order valence-electron chi connectivity index (χ0n) is 13.9.